The number of carbonyl (C=O) groups is 7. The van der Waals surface area contributed by atoms with Gasteiger partial charge in [-0.2, -0.15) is 0 Å². The Kier molecular flexibility index (Phi) is 8.62. The molecule has 0 aromatic heterocycles. The molecule has 0 spiro atoms. The molecule has 4 atom stereocenters. The van der Waals surface area contributed by atoms with Crippen molar-refractivity contribution in [3.63, 3.8) is 0 Å². The maximum absolute atomic E-state index is 11.2. The van der Waals surface area contributed by atoms with Gasteiger partial charge in [0, 0.05) is 5.69 Å². The number of phenols is 2. The summed E-state index contributed by atoms with van der Waals surface area (Å²) in [7, 11) is 0. The number of fused-ring (bicyclic) bond motifs is 7. The number of hydrogen-bond acceptors (Lipinski definition) is 14. The van der Waals surface area contributed by atoms with E-state index in [0.29, 0.717) is 5.69 Å². The fraction of sp³-hybridized carbons (Fsp3) is 0.156. The van der Waals surface area contributed by atoms with Crippen molar-refractivity contribution in [3.05, 3.63) is 95.1 Å². The Balaban J connectivity index is 0.000000123. The first-order valence-corrected chi connectivity index (χ1v) is 13.6. The quantitative estimate of drug-likeness (QED) is 0.0705. The fourth-order valence-corrected chi connectivity index (χ4v) is 5.44. The van der Waals surface area contributed by atoms with Gasteiger partial charge in [-0.05, 0) is 78.9 Å². The van der Waals surface area contributed by atoms with Crippen molar-refractivity contribution >= 4 is 48.0 Å². The number of esters is 6. The van der Waals surface area contributed by atoms with Gasteiger partial charge in [-0.25, -0.2) is 19.2 Å². The van der Waals surface area contributed by atoms with Crippen LogP contribution in [-0.2, 0) is 28.6 Å². The minimum Gasteiger partial charge on any atom is -0.508 e. The molecule has 3 heterocycles. The maximum atomic E-state index is 11.2. The van der Waals surface area contributed by atoms with Crippen molar-refractivity contribution in [3.8, 4) is 17.2 Å². The van der Waals surface area contributed by atoms with Gasteiger partial charge < -0.3 is 34.9 Å². The Bertz CT molecular complexity index is 1760. The molecule has 2 bridgehead atoms. The van der Waals surface area contributed by atoms with Gasteiger partial charge in [0.15, 0.2) is 0 Å². The fourth-order valence-electron chi connectivity index (χ4n) is 5.44. The molecule has 8 rings (SSSR count). The molecule has 2 fully saturated rings. The highest BCUT2D eigenvalue weighted by atomic mass is 16.6. The smallest absolute Gasteiger partial charge is 0.347 e. The molecule has 3 aromatic carbocycles. The number of carbonyl (C=O) groups excluding carboxylic acids is 7. The zero-order valence-corrected chi connectivity index (χ0v) is 23.5. The SMILES string of the molecule is Nc1ccc(O)cc1.O=C1OC(=O)C2C3C=CC(C3)C12.O=C1OC(=O)c2cc(O)ccc21.O=COc1ccc2c(c1)C(=O)OC2=O. The van der Waals surface area contributed by atoms with Crippen LogP contribution in [0.25, 0.3) is 0 Å². The molecular formula is C32H23NO13. The van der Waals surface area contributed by atoms with Crippen LogP contribution in [0.4, 0.5) is 5.69 Å². The van der Waals surface area contributed by atoms with E-state index < -0.39 is 23.9 Å². The first kappa shape index (κ1) is 31.1. The third kappa shape index (κ3) is 6.31. The molecule has 14 heteroatoms. The molecule has 2 aliphatic carbocycles. The molecule has 1 saturated carbocycles. The molecule has 3 aromatic rings. The summed E-state index contributed by atoms with van der Waals surface area (Å²) in [5.41, 5.74) is 6.62. The summed E-state index contributed by atoms with van der Waals surface area (Å²) >= 11 is 0. The van der Waals surface area contributed by atoms with E-state index in [9.17, 15) is 33.6 Å². The zero-order chi connectivity index (χ0) is 33.1. The summed E-state index contributed by atoms with van der Waals surface area (Å²) in [4.78, 5) is 76.1. The molecule has 0 radical (unpaired) electrons. The second kappa shape index (κ2) is 12.7. The molecule has 1 saturated heterocycles. The topological polar surface area (TPSA) is 223 Å². The van der Waals surface area contributed by atoms with E-state index in [0.717, 1.165) is 6.42 Å². The number of rotatable bonds is 2. The van der Waals surface area contributed by atoms with Gasteiger partial charge in [0.25, 0.3) is 6.47 Å². The van der Waals surface area contributed by atoms with Crippen molar-refractivity contribution in [1.29, 1.82) is 0 Å². The van der Waals surface area contributed by atoms with E-state index in [1.54, 1.807) is 24.3 Å². The van der Waals surface area contributed by atoms with Crippen LogP contribution in [0.15, 0.2) is 72.8 Å². The number of anilines is 1. The third-order valence-corrected chi connectivity index (χ3v) is 7.53. The first-order valence-electron chi connectivity index (χ1n) is 13.6. The molecule has 5 aliphatic rings. The lowest BCUT2D eigenvalue weighted by Crippen LogP contribution is -2.21. The lowest BCUT2D eigenvalue weighted by atomic mass is 9.85. The first-order chi connectivity index (χ1) is 22.0. The number of nitrogens with two attached hydrogens (primary N) is 1. The molecule has 4 N–H and O–H groups in total. The molecule has 234 valence electrons. The van der Waals surface area contributed by atoms with Gasteiger partial charge >= 0.3 is 35.8 Å². The highest BCUT2D eigenvalue weighted by Gasteiger charge is 2.57. The van der Waals surface area contributed by atoms with Crippen molar-refractivity contribution < 1.29 is 62.7 Å². The Morgan fingerprint density at radius 2 is 1.11 bits per heavy atom. The van der Waals surface area contributed by atoms with E-state index in [1.807, 2.05) is 12.2 Å². The Hall–Kier alpha value is -6.31. The molecule has 4 unspecified atom stereocenters. The summed E-state index contributed by atoms with van der Waals surface area (Å²) < 4.78 is 17.7. The van der Waals surface area contributed by atoms with Crippen LogP contribution in [0.1, 0.15) is 47.9 Å². The molecule has 3 aliphatic heterocycles. The van der Waals surface area contributed by atoms with Gasteiger partial charge in [0.05, 0.1) is 34.1 Å². The number of nitrogen functional groups attached to an aromatic ring is 1. The van der Waals surface area contributed by atoms with Gasteiger partial charge in [-0.3, -0.25) is 14.4 Å². The summed E-state index contributed by atoms with van der Waals surface area (Å²) in [6.07, 6.45) is 5.06. The van der Waals surface area contributed by atoms with Crippen LogP contribution in [0, 0.1) is 23.7 Å². The van der Waals surface area contributed by atoms with Crippen LogP contribution in [0.2, 0.25) is 0 Å². The lowest BCUT2D eigenvalue weighted by molar-refractivity contribution is -0.154. The number of aromatic hydroxyl groups is 2. The average molecular weight is 630 g/mol. The van der Waals surface area contributed by atoms with E-state index >= 15 is 0 Å². The molecule has 14 nitrogen and oxygen atoms in total. The molecule has 46 heavy (non-hydrogen) atoms. The monoisotopic (exact) mass is 629 g/mol. The molecule has 0 amide bonds. The molecular weight excluding hydrogens is 606 g/mol. The van der Waals surface area contributed by atoms with Crippen molar-refractivity contribution in [2.75, 3.05) is 5.73 Å². The van der Waals surface area contributed by atoms with E-state index in [2.05, 4.69) is 18.9 Å². The standard InChI is InChI=1S/C9H4O5.C9H8O3.C8H4O4.C6H7NO/c10-4-13-5-1-2-6-7(3-5)9(12)14-8(6)11;10-8-6-4-1-2-5(3-4)7(6)9(11)12-8;9-4-1-2-5-6(3-4)8(11)12-7(5)10;7-5-1-3-6(8)4-2-5/h1-4H;1-2,4-7H,3H2;1-3,9H;1-4,8H,7H2. The number of ether oxygens (including phenoxy) is 4. The summed E-state index contributed by atoms with van der Waals surface area (Å²) in [6.45, 7) is 0.240. The number of phenolic OH excluding ortho intramolecular Hbond substituents is 2. The highest BCUT2D eigenvalue weighted by molar-refractivity contribution is 6.15. The van der Waals surface area contributed by atoms with E-state index in [-0.39, 0.29) is 81.6 Å². The zero-order valence-electron chi connectivity index (χ0n) is 23.5. The second-order valence-corrected chi connectivity index (χ2v) is 10.3. The van der Waals surface area contributed by atoms with Crippen molar-refractivity contribution in [2.45, 2.75) is 6.42 Å². The predicted molar refractivity (Wildman–Crippen MR) is 152 cm³/mol. The largest absolute Gasteiger partial charge is 0.508 e. The number of allylic oxidation sites excluding steroid dienone is 2. The van der Waals surface area contributed by atoms with E-state index in [4.69, 9.17) is 15.9 Å². The summed E-state index contributed by atoms with van der Waals surface area (Å²) in [5, 5.41) is 17.7. The third-order valence-electron chi connectivity index (χ3n) is 7.53. The van der Waals surface area contributed by atoms with Gasteiger partial charge in [0.2, 0.25) is 0 Å². The minimum absolute atomic E-state index is 0.0552. The van der Waals surface area contributed by atoms with Crippen LogP contribution < -0.4 is 10.5 Å². The van der Waals surface area contributed by atoms with Crippen LogP contribution in [-0.4, -0.2) is 52.5 Å². The average Bonchev–Trinajstić information content (AvgIpc) is 3.83. The van der Waals surface area contributed by atoms with Gasteiger partial charge in [-0.15, -0.1) is 0 Å². The number of hydrogen-bond donors (Lipinski definition) is 3. The highest BCUT2D eigenvalue weighted by Crippen LogP contribution is 2.51. The van der Waals surface area contributed by atoms with Crippen LogP contribution in [0.3, 0.4) is 0 Å². The number of benzene rings is 3. The van der Waals surface area contributed by atoms with Gasteiger partial charge in [-0.1, -0.05) is 12.2 Å². The van der Waals surface area contributed by atoms with Crippen LogP contribution in [0.5, 0.6) is 17.2 Å². The Labute approximate surface area is 258 Å². The Morgan fingerprint density at radius 3 is 1.63 bits per heavy atom. The Morgan fingerprint density at radius 1 is 0.630 bits per heavy atom. The predicted octanol–water partition coefficient (Wildman–Crippen LogP) is 2.72. The summed E-state index contributed by atoms with van der Waals surface area (Å²) in [5.74, 6) is -2.71. The maximum Gasteiger partial charge on any atom is 0.347 e. The number of cyclic esters (lactones) is 6. The summed E-state index contributed by atoms with van der Waals surface area (Å²) in [6, 6.07) is 14.4. The normalized spacial score (nSPS) is 22.0. The van der Waals surface area contributed by atoms with Crippen molar-refractivity contribution in [1.82, 2.24) is 0 Å². The van der Waals surface area contributed by atoms with E-state index in [1.165, 1.54) is 36.4 Å². The second-order valence-electron chi connectivity index (χ2n) is 10.3. The minimum atomic E-state index is -0.721. The van der Waals surface area contributed by atoms with Crippen LogP contribution >= 0.6 is 0 Å². The van der Waals surface area contributed by atoms with Crippen molar-refractivity contribution in [2.24, 2.45) is 23.7 Å². The lowest BCUT2D eigenvalue weighted by Gasteiger charge is -2.12. The van der Waals surface area contributed by atoms with Gasteiger partial charge in [0.1, 0.15) is 17.2 Å².